The second-order valence-corrected chi connectivity index (χ2v) is 8.00. The average molecular weight is 393 g/mol. The fraction of sp³-hybridized carbons (Fsp3) is 0.455. The Labute approximate surface area is 162 Å². The summed E-state index contributed by atoms with van der Waals surface area (Å²) in [5.41, 5.74) is 2.54. The SMILES string of the molecule is Cc1ccc(CN2CC3C(CCc4cccc(OC(F)(F)F)c4)C3C2)cc1F. The van der Waals surface area contributed by atoms with Gasteiger partial charge in [-0.3, -0.25) is 4.90 Å². The Balaban J connectivity index is 1.24. The van der Waals surface area contributed by atoms with Crippen molar-refractivity contribution in [2.24, 2.45) is 17.8 Å². The van der Waals surface area contributed by atoms with E-state index in [4.69, 9.17) is 0 Å². The Bertz CT molecular complexity index is 839. The van der Waals surface area contributed by atoms with Crippen LogP contribution in [0.4, 0.5) is 17.6 Å². The minimum Gasteiger partial charge on any atom is -0.406 e. The van der Waals surface area contributed by atoms with Crippen LogP contribution in [-0.2, 0) is 13.0 Å². The molecular formula is C22H23F4NO. The highest BCUT2D eigenvalue weighted by molar-refractivity contribution is 5.29. The van der Waals surface area contributed by atoms with Crippen molar-refractivity contribution >= 4 is 0 Å². The molecule has 1 heterocycles. The fourth-order valence-corrected chi connectivity index (χ4v) is 4.52. The van der Waals surface area contributed by atoms with Crippen LogP contribution < -0.4 is 4.74 Å². The van der Waals surface area contributed by atoms with Gasteiger partial charge in [0, 0.05) is 19.6 Å². The summed E-state index contributed by atoms with van der Waals surface area (Å²) in [6, 6.07) is 11.7. The standard InChI is InChI=1S/C22H23F4NO/c1-14-5-6-16(10-21(14)23)11-27-12-19-18(20(19)13-27)8-7-15-3-2-4-17(9-15)28-22(24,25)26/h2-6,9-10,18-20H,7-8,11-13H2,1H3. The van der Waals surface area contributed by atoms with E-state index in [1.165, 1.54) is 12.1 Å². The summed E-state index contributed by atoms with van der Waals surface area (Å²) in [5.74, 6) is 1.64. The Hall–Kier alpha value is -2.08. The number of hydrogen-bond donors (Lipinski definition) is 0. The third-order valence-electron chi connectivity index (χ3n) is 5.99. The lowest BCUT2D eigenvalue weighted by molar-refractivity contribution is -0.274. The Morgan fingerprint density at radius 3 is 2.46 bits per heavy atom. The number of halogens is 4. The number of ether oxygens (including phenoxy) is 1. The summed E-state index contributed by atoms with van der Waals surface area (Å²) >= 11 is 0. The number of nitrogens with zero attached hydrogens (tertiary/aromatic N) is 1. The largest absolute Gasteiger partial charge is 0.573 e. The lowest BCUT2D eigenvalue weighted by Crippen LogP contribution is -2.24. The third kappa shape index (κ3) is 4.49. The zero-order valence-corrected chi connectivity index (χ0v) is 15.7. The molecule has 1 saturated carbocycles. The molecule has 1 saturated heterocycles. The number of rotatable bonds is 6. The molecule has 0 N–H and O–H groups in total. The Morgan fingerprint density at radius 1 is 1.04 bits per heavy atom. The number of hydrogen-bond acceptors (Lipinski definition) is 2. The number of benzene rings is 2. The van der Waals surface area contributed by atoms with Crippen LogP contribution in [0.15, 0.2) is 42.5 Å². The average Bonchev–Trinajstić information content (AvgIpc) is 3.06. The van der Waals surface area contributed by atoms with Crippen LogP contribution in [0.2, 0.25) is 0 Å². The van der Waals surface area contributed by atoms with Gasteiger partial charge in [-0.05, 0) is 72.4 Å². The number of aryl methyl sites for hydroxylation is 2. The first-order valence-electron chi connectivity index (χ1n) is 9.60. The van der Waals surface area contributed by atoms with Crippen LogP contribution >= 0.6 is 0 Å². The van der Waals surface area contributed by atoms with Gasteiger partial charge in [-0.15, -0.1) is 13.2 Å². The predicted octanol–water partition coefficient (Wildman–Crippen LogP) is 5.34. The van der Waals surface area contributed by atoms with Crippen LogP contribution in [0.25, 0.3) is 0 Å². The van der Waals surface area contributed by atoms with E-state index < -0.39 is 6.36 Å². The molecule has 2 unspecified atom stereocenters. The molecule has 6 heteroatoms. The third-order valence-corrected chi connectivity index (χ3v) is 5.99. The monoisotopic (exact) mass is 393 g/mol. The molecular weight excluding hydrogens is 370 g/mol. The molecule has 2 nitrogen and oxygen atoms in total. The van der Waals surface area contributed by atoms with Gasteiger partial charge in [-0.1, -0.05) is 24.3 Å². The molecule has 1 aliphatic carbocycles. The quantitative estimate of drug-likeness (QED) is 0.614. The molecule has 0 spiro atoms. The molecule has 2 aromatic rings. The van der Waals surface area contributed by atoms with Crippen molar-refractivity contribution < 1.29 is 22.3 Å². The smallest absolute Gasteiger partial charge is 0.406 e. The molecule has 28 heavy (non-hydrogen) atoms. The highest BCUT2D eigenvalue weighted by Crippen LogP contribution is 2.54. The topological polar surface area (TPSA) is 12.5 Å². The van der Waals surface area contributed by atoms with Crippen molar-refractivity contribution in [3.05, 3.63) is 65.0 Å². The van der Waals surface area contributed by atoms with Gasteiger partial charge < -0.3 is 4.74 Å². The molecule has 2 aliphatic rings. The zero-order valence-electron chi connectivity index (χ0n) is 15.7. The van der Waals surface area contributed by atoms with Gasteiger partial charge in [0.2, 0.25) is 0 Å². The van der Waals surface area contributed by atoms with E-state index in [9.17, 15) is 17.6 Å². The van der Waals surface area contributed by atoms with Crippen LogP contribution in [0, 0.1) is 30.5 Å². The summed E-state index contributed by atoms with van der Waals surface area (Å²) in [4.78, 5) is 2.37. The highest BCUT2D eigenvalue weighted by atomic mass is 19.4. The maximum absolute atomic E-state index is 13.7. The van der Waals surface area contributed by atoms with Gasteiger partial charge >= 0.3 is 6.36 Å². The fourth-order valence-electron chi connectivity index (χ4n) is 4.52. The summed E-state index contributed by atoms with van der Waals surface area (Å²) in [7, 11) is 0. The maximum atomic E-state index is 13.7. The summed E-state index contributed by atoms with van der Waals surface area (Å²) in [6.45, 7) is 4.57. The molecule has 0 amide bonds. The molecule has 0 radical (unpaired) electrons. The second kappa shape index (κ2) is 7.39. The molecule has 0 bridgehead atoms. The van der Waals surface area contributed by atoms with Gasteiger partial charge in [0.05, 0.1) is 0 Å². The summed E-state index contributed by atoms with van der Waals surface area (Å²) in [6.07, 6.45) is -2.91. The second-order valence-electron chi connectivity index (χ2n) is 8.00. The predicted molar refractivity (Wildman–Crippen MR) is 98.3 cm³/mol. The molecule has 2 fully saturated rings. The zero-order chi connectivity index (χ0) is 19.9. The van der Waals surface area contributed by atoms with E-state index >= 15 is 0 Å². The van der Waals surface area contributed by atoms with Gasteiger partial charge in [0.15, 0.2) is 0 Å². The first-order valence-corrected chi connectivity index (χ1v) is 9.60. The maximum Gasteiger partial charge on any atom is 0.573 e. The van der Waals surface area contributed by atoms with Crippen molar-refractivity contribution in [1.29, 1.82) is 0 Å². The number of alkyl halides is 3. The van der Waals surface area contributed by atoms with Crippen molar-refractivity contribution in [2.45, 2.75) is 32.7 Å². The van der Waals surface area contributed by atoms with E-state index in [2.05, 4.69) is 9.64 Å². The Morgan fingerprint density at radius 2 is 1.79 bits per heavy atom. The van der Waals surface area contributed by atoms with Crippen LogP contribution in [-0.4, -0.2) is 24.4 Å². The van der Waals surface area contributed by atoms with Gasteiger partial charge in [-0.25, -0.2) is 4.39 Å². The molecule has 2 atom stereocenters. The van der Waals surface area contributed by atoms with Gasteiger partial charge in [-0.2, -0.15) is 0 Å². The van der Waals surface area contributed by atoms with E-state index in [0.717, 1.165) is 43.6 Å². The van der Waals surface area contributed by atoms with E-state index in [-0.39, 0.29) is 11.6 Å². The normalized spacial score (nSPS) is 24.2. The van der Waals surface area contributed by atoms with Crippen molar-refractivity contribution in [3.63, 3.8) is 0 Å². The number of likely N-dealkylation sites (tertiary alicyclic amines) is 1. The highest BCUT2D eigenvalue weighted by Gasteiger charge is 2.54. The van der Waals surface area contributed by atoms with Crippen LogP contribution in [0.5, 0.6) is 5.75 Å². The number of fused-ring (bicyclic) bond motifs is 1. The van der Waals surface area contributed by atoms with Gasteiger partial charge in [0.1, 0.15) is 11.6 Å². The minimum absolute atomic E-state index is 0.155. The van der Waals surface area contributed by atoms with Crippen LogP contribution in [0.1, 0.15) is 23.1 Å². The summed E-state index contributed by atoms with van der Waals surface area (Å²) in [5, 5.41) is 0. The lowest BCUT2D eigenvalue weighted by Gasteiger charge is -2.19. The molecule has 1 aliphatic heterocycles. The summed E-state index contributed by atoms with van der Waals surface area (Å²) < 4.78 is 54.7. The van der Waals surface area contributed by atoms with Gasteiger partial charge in [0.25, 0.3) is 0 Å². The minimum atomic E-state index is -4.66. The Kier molecular flexibility index (Phi) is 5.08. The van der Waals surface area contributed by atoms with Crippen molar-refractivity contribution in [2.75, 3.05) is 13.1 Å². The molecule has 150 valence electrons. The first-order chi connectivity index (χ1) is 13.3. The van der Waals surface area contributed by atoms with E-state index in [1.807, 2.05) is 18.2 Å². The van der Waals surface area contributed by atoms with E-state index in [0.29, 0.717) is 23.3 Å². The molecule has 0 aromatic heterocycles. The number of piperidine rings is 1. The van der Waals surface area contributed by atoms with Crippen LogP contribution in [0.3, 0.4) is 0 Å². The van der Waals surface area contributed by atoms with E-state index in [1.54, 1.807) is 19.1 Å². The first kappa shape index (κ1) is 19.2. The van der Waals surface area contributed by atoms with Crippen molar-refractivity contribution in [3.8, 4) is 5.75 Å². The molecule has 2 aromatic carbocycles. The lowest BCUT2D eigenvalue weighted by atomic mass is 10.0. The van der Waals surface area contributed by atoms with Crippen molar-refractivity contribution in [1.82, 2.24) is 4.90 Å². The molecule has 4 rings (SSSR count).